The van der Waals surface area contributed by atoms with Crippen LogP contribution in [0.25, 0.3) is 0 Å². The Balaban J connectivity index is 1.62. The molecule has 3 rings (SSSR count). The second kappa shape index (κ2) is 9.72. The zero-order valence-electron chi connectivity index (χ0n) is 18.1. The summed E-state index contributed by atoms with van der Waals surface area (Å²) in [5, 5.41) is 3.89. The molecule has 0 radical (unpaired) electrons. The molecule has 7 heteroatoms. The van der Waals surface area contributed by atoms with Crippen molar-refractivity contribution >= 4 is 11.9 Å². The molecule has 1 amide bonds. The molecule has 1 saturated carbocycles. The van der Waals surface area contributed by atoms with Crippen molar-refractivity contribution < 1.29 is 18.8 Å². The van der Waals surface area contributed by atoms with Crippen LogP contribution in [-0.2, 0) is 9.53 Å². The Morgan fingerprint density at radius 1 is 1.17 bits per heavy atom. The SMILES string of the molecule is CC(C)(C)OC(=O)C[C@@H](CCCC1CCCCC1)c1nc(C(=O)N2CCC2)no1. The molecule has 1 aromatic rings. The zero-order chi connectivity index (χ0) is 20.9. The van der Waals surface area contributed by atoms with E-state index in [1.807, 2.05) is 20.8 Å². The average molecular weight is 406 g/mol. The van der Waals surface area contributed by atoms with Crippen LogP contribution in [0.15, 0.2) is 4.52 Å². The standard InChI is InChI=1S/C22H35N3O4/c1-22(2,3)28-18(26)15-17(12-7-11-16-9-5-4-6-10-16)20-23-19(24-29-20)21(27)25-13-8-14-25/h16-17H,4-15H2,1-3H3/t17-/m1/s1. The van der Waals surface area contributed by atoms with E-state index in [9.17, 15) is 9.59 Å². The Bertz CT molecular complexity index is 684. The molecule has 2 fully saturated rings. The average Bonchev–Trinajstić information content (AvgIpc) is 3.09. The summed E-state index contributed by atoms with van der Waals surface area (Å²) in [4.78, 5) is 30.8. The predicted octanol–water partition coefficient (Wildman–Crippen LogP) is 4.48. The van der Waals surface area contributed by atoms with Gasteiger partial charge in [-0.2, -0.15) is 4.98 Å². The molecule has 1 aliphatic heterocycles. The molecule has 0 spiro atoms. The van der Waals surface area contributed by atoms with Gasteiger partial charge in [-0.25, -0.2) is 0 Å². The number of likely N-dealkylation sites (tertiary alicyclic amines) is 1. The maximum Gasteiger partial charge on any atom is 0.307 e. The summed E-state index contributed by atoms with van der Waals surface area (Å²) < 4.78 is 10.9. The molecule has 0 N–H and O–H groups in total. The summed E-state index contributed by atoms with van der Waals surface area (Å²) in [6.45, 7) is 7.06. The van der Waals surface area contributed by atoms with Crippen molar-refractivity contribution in [2.75, 3.05) is 13.1 Å². The first kappa shape index (κ1) is 21.8. The van der Waals surface area contributed by atoms with Crippen LogP contribution in [0, 0.1) is 5.92 Å². The minimum atomic E-state index is -0.531. The van der Waals surface area contributed by atoms with E-state index in [-0.39, 0.29) is 30.0 Å². The van der Waals surface area contributed by atoms with Crippen molar-refractivity contribution in [3.8, 4) is 0 Å². The number of hydrogen-bond donors (Lipinski definition) is 0. The number of nitrogens with zero attached hydrogens (tertiary/aromatic N) is 3. The van der Waals surface area contributed by atoms with Gasteiger partial charge in [0, 0.05) is 19.0 Å². The number of hydrogen-bond acceptors (Lipinski definition) is 6. The van der Waals surface area contributed by atoms with Gasteiger partial charge in [0.1, 0.15) is 5.60 Å². The topological polar surface area (TPSA) is 85.5 Å². The summed E-state index contributed by atoms with van der Waals surface area (Å²) in [5.74, 6) is 0.596. The lowest BCUT2D eigenvalue weighted by atomic mass is 9.84. The number of carbonyl (C=O) groups excluding carboxylic acids is 2. The van der Waals surface area contributed by atoms with E-state index in [0.29, 0.717) is 5.89 Å². The van der Waals surface area contributed by atoms with Crippen LogP contribution in [0.4, 0.5) is 0 Å². The van der Waals surface area contributed by atoms with Gasteiger partial charge in [-0.3, -0.25) is 9.59 Å². The number of ether oxygens (including phenoxy) is 1. The van der Waals surface area contributed by atoms with Gasteiger partial charge in [0.05, 0.1) is 6.42 Å². The quantitative estimate of drug-likeness (QED) is 0.593. The Hall–Kier alpha value is -1.92. The number of amides is 1. The van der Waals surface area contributed by atoms with Crippen LogP contribution < -0.4 is 0 Å². The lowest BCUT2D eigenvalue weighted by Crippen LogP contribution is -2.42. The molecule has 1 saturated heterocycles. The third-order valence-corrected chi connectivity index (χ3v) is 5.85. The molecule has 29 heavy (non-hydrogen) atoms. The molecule has 0 bridgehead atoms. The number of rotatable bonds is 8. The van der Waals surface area contributed by atoms with E-state index in [1.54, 1.807) is 4.90 Å². The molecule has 1 aromatic heterocycles. The number of carbonyl (C=O) groups is 2. The lowest BCUT2D eigenvalue weighted by molar-refractivity contribution is -0.155. The number of esters is 1. The van der Waals surface area contributed by atoms with E-state index in [1.165, 1.54) is 38.5 Å². The molecule has 0 aromatic carbocycles. The summed E-state index contributed by atoms with van der Waals surface area (Å²) in [6.07, 6.45) is 10.8. The van der Waals surface area contributed by atoms with Crippen LogP contribution in [0.2, 0.25) is 0 Å². The van der Waals surface area contributed by atoms with E-state index < -0.39 is 5.60 Å². The predicted molar refractivity (Wildman–Crippen MR) is 108 cm³/mol. The Morgan fingerprint density at radius 3 is 2.52 bits per heavy atom. The highest BCUT2D eigenvalue weighted by Gasteiger charge is 2.30. The third-order valence-electron chi connectivity index (χ3n) is 5.85. The molecule has 1 atom stereocenters. The normalized spacial score (nSPS) is 18.9. The van der Waals surface area contributed by atoms with Gasteiger partial charge in [-0.1, -0.05) is 50.1 Å². The largest absolute Gasteiger partial charge is 0.460 e. The maximum absolute atomic E-state index is 12.4. The molecule has 162 valence electrons. The lowest BCUT2D eigenvalue weighted by Gasteiger charge is -2.29. The maximum atomic E-state index is 12.4. The molecule has 0 unspecified atom stereocenters. The minimum absolute atomic E-state index is 0.0983. The highest BCUT2D eigenvalue weighted by atomic mass is 16.6. The van der Waals surface area contributed by atoms with Crippen LogP contribution >= 0.6 is 0 Å². The Morgan fingerprint density at radius 2 is 1.90 bits per heavy atom. The Labute approximate surface area is 173 Å². The van der Waals surface area contributed by atoms with E-state index in [0.717, 1.165) is 38.3 Å². The second-order valence-electron chi connectivity index (χ2n) is 9.52. The van der Waals surface area contributed by atoms with Crippen LogP contribution in [0.1, 0.15) is 107 Å². The van der Waals surface area contributed by atoms with Crippen LogP contribution in [0.5, 0.6) is 0 Å². The Kier molecular flexibility index (Phi) is 7.30. The van der Waals surface area contributed by atoms with Crippen LogP contribution in [0.3, 0.4) is 0 Å². The highest BCUT2D eigenvalue weighted by Crippen LogP contribution is 2.31. The fraction of sp³-hybridized carbons (Fsp3) is 0.818. The molecule has 1 aliphatic carbocycles. The first-order chi connectivity index (χ1) is 13.8. The fourth-order valence-electron chi connectivity index (χ4n) is 4.17. The highest BCUT2D eigenvalue weighted by molar-refractivity contribution is 5.90. The minimum Gasteiger partial charge on any atom is -0.460 e. The number of aromatic nitrogens is 2. The van der Waals surface area contributed by atoms with E-state index >= 15 is 0 Å². The van der Waals surface area contributed by atoms with Gasteiger partial charge in [0.2, 0.25) is 5.89 Å². The summed E-state index contributed by atoms with van der Waals surface area (Å²) in [5.41, 5.74) is -0.531. The monoisotopic (exact) mass is 405 g/mol. The van der Waals surface area contributed by atoms with E-state index in [2.05, 4.69) is 10.1 Å². The summed E-state index contributed by atoms with van der Waals surface area (Å²) in [6, 6.07) is 0. The summed E-state index contributed by atoms with van der Waals surface area (Å²) in [7, 11) is 0. The second-order valence-corrected chi connectivity index (χ2v) is 9.52. The van der Waals surface area contributed by atoms with Gasteiger partial charge in [-0.05, 0) is 39.5 Å². The first-order valence-corrected chi connectivity index (χ1v) is 11.2. The van der Waals surface area contributed by atoms with Crippen molar-refractivity contribution in [2.24, 2.45) is 5.92 Å². The summed E-state index contributed by atoms with van der Waals surface area (Å²) >= 11 is 0. The van der Waals surface area contributed by atoms with Gasteiger partial charge in [0.15, 0.2) is 0 Å². The van der Waals surface area contributed by atoms with Gasteiger partial charge < -0.3 is 14.2 Å². The molecule has 2 aliphatic rings. The molecular formula is C22H35N3O4. The van der Waals surface area contributed by atoms with Gasteiger partial charge in [0.25, 0.3) is 11.7 Å². The molecule has 2 heterocycles. The van der Waals surface area contributed by atoms with Gasteiger partial charge >= 0.3 is 5.97 Å². The third kappa shape index (κ3) is 6.54. The smallest absolute Gasteiger partial charge is 0.307 e. The zero-order valence-corrected chi connectivity index (χ0v) is 18.1. The van der Waals surface area contributed by atoms with Crippen LogP contribution in [-0.4, -0.2) is 45.6 Å². The fourth-order valence-corrected chi connectivity index (χ4v) is 4.17. The van der Waals surface area contributed by atoms with Crippen molar-refractivity contribution in [2.45, 2.75) is 96.5 Å². The van der Waals surface area contributed by atoms with Crippen molar-refractivity contribution in [3.63, 3.8) is 0 Å². The molecular weight excluding hydrogens is 370 g/mol. The van der Waals surface area contributed by atoms with Crippen molar-refractivity contribution in [1.82, 2.24) is 15.0 Å². The van der Waals surface area contributed by atoms with Crippen molar-refractivity contribution in [1.29, 1.82) is 0 Å². The van der Waals surface area contributed by atoms with Gasteiger partial charge in [-0.15, -0.1) is 0 Å². The molecule has 7 nitrogen and oxygen atoms in total. The van der Waals surface area contributed by atoms with E-state index in [4.69, 9.17) is 9.26 Å². The first-order valence-electron chi connectivity index (χ1n) is 11.2. The van der Waals surface area contributed by atoms with Crippen molar-refractivity contribution in [3.05, 3.63) is 11.7 Å².